The summed E-state index contributed by atoms with van der Waals surface area (Å²) in [4.78, 5) is 37.9. The van der Waals surface area contributed by atoms with Crippen molar-refractivity contribution in [3.63, 3.8) is 0 Å². The molecule has 1 aliphatic rings. The summed E-state index contributed by atoms with van der Waals surface area (Å²) in [5, 5.41) is 2.81. The Hall–Kier alpha value is -3.15. The Morgan fingerprint density at radius 1 is 1.15 bits per heavy atom. The number of fused-ring (bicyclic) bond motifs is 1. The summed E-state index contributed by atoms with van der Waals surface area (Å²) in [5.74, 6) is -0.228. The monoisotopic (exact) mass is 352 g/mol. The lowest BCUT2D eigenvalue weighted by molar-refractivity contribution is -0.128. The maximum atomic E-state index is 12.5. The Labute approximate surface area is 151 Å². The van der Waals surface area contributed by atoms with Crippen LogP contribution < -0.4 is 15.0 Å². The van der Waals surface area contributed by atoms with Crippen LogP contribution in [0.25, 0.3) is 0 Å². The average molecular weight is 352 g/mol. The summed E-state index contributed by atoms with van der Waals surface area (Å²) in [6.45, 7) is 3.34. The van der Waals surface area contributed by atoms with Crippen molar-refractivity contribution < 1.29 is 19.1 Å². The number of amides is 2. The van der Waals surface area contributed by atoms with Gasteiger partial charge >= 0.3 is 0 Å². The van der Waals surface area contributed by atoms with E-state index in [-0.39, 0.29) is 24.1 Å². The molecule has 2 aromatic carbocycles. The van der Waals surface area contributed by atoms with Gasteiger partial charge in [0.25, 0.3) is 5.91 Å². The smallest absolute Gasteiger partial charge is 0.268 e. The number of nitrogens with one attached hydrogen (secondary N) is 1. The molecule has 2 amide bonds. The van der Waals surface area contributed by atoms with E-state index < -0.39 is 6.10 Å². The van der Waals surface area contributed by atoms with E-state index in [1.54, 1.807) is 25.1 Å². The third-order valence-corrected chi connectivity index (χ3v) is 4.21. The third kappa shape index (κ3) is 3.74. The summed E-state index contributed by atoms with van der Waals surface area (Å²) in [7, 11) is 0. The predicted molar refractivity (Wildman–Crippen MR) is 97.2 cm³/mol. The lowest BCUT2D eigenvalue weighted by Gasteiger charge is -2.32. The van der Waals surface area contributed by atoms with E-state index in [0.29, 0.717) is 23.5 Å². The van der Waals surface area contributed by atoms with Crippen LogP contribution in [0.5, 0.6) is 5.75 Å². The van der Waals surface area contributed by atoms with Gasteiger partial charge in [0.1, 0.15) is 12.3 Å². The molecule has 1 heterocycles. The highest BCUT2D eigenvalue weighted by molar-refractivity contribution is 6.05. The Bertz CT molecular complexity index is 848. The number of benzene rings is 2. The summed E-state index contributed by atoms with van der Waals surface area (Å²) in [5.41, 5.74) is 1.88. The standard InChI is InChI=1S/C20H20N2O4/c1-13(23)16-8-9-18-17(10-16)22(20(25)14(2)26-18)12-19(24)21-11-15-6-4-3-5-7-15/h3-10,14H,11-12H2,1-2H3,(H,21,24). The van der Waals surface area contributed by atoms with Gasteiger partial charge in [0.05, 0.1) is 5.69 Å². The molecule has 0 aromatic heterocycles. The van der Waals surface area contributed by atoms with E-state index >= 15 is 0 Å². The van der Waals surface area contributed by atoms with Gasteiger partial charge in [0.15, 0.2) is 11.9 Å². The first-order chi connectivity index (χ1) is 12.5. The van der Waals surface area contributed by atoms with Gasteiger partial charge in [-0.1, -0.05) is 30.3 Å². The SMILES string of the molecule is CC(=O)c1ccc2c(c1)N(CC(=O)NCc1ccccc1)C(=O)C(C)O2. The maximum absolute atomic E-state index is 12.5. The van der Waals surface area contributed by atoms with Crippen LogP contribution in [-0.4, -0.2) is 30.2 Å². The Kier molecular flexibility index (Phi) is 5.02. The third-order valence-electron chi connectivity index (χ3n) is 4.21. The van der Waals surface area contributed by atoms with Crippen LogP contribution in [-0.2, 0) is 16.1 Å². The van der Waals surface area contributed by atoms with Crippen LogP contribution in [0.2, 0.25) is 0 Å². The highest BCUT2D eigenvalue weighted by Gasteiger charge is 2.33. The first-order valence-corrected chi connectivity index (χ1v) is 8.39. The fraction of sp³-hybridized carbons (Fsp3) is 0.250. The van der Waals surface area contributed by atoms with E-state index in [4.69, 9.17) is 4.74 Å². The van der Waals surface area contributed by atoms with Crippen LogP contribution >= 0.6 is 0 Å². The Morgan fingerprint density at radius 3 is 2.58 bits per heavy atom. The molecule has 26 heavy (non-hydrogen) atoms. The molecular formula is C20H20N2O4. The second kappa shape index (κ2) is 7.39. The first kappa shape index (κ1) is 17.7. The van der Waals surface area contributed by atoms with E-state index in [9.17, 15) is 14.4 Å². The molecule has 2 aromatic rings. The van der Waals surface area contributed by atoms with Crippen molar-refractivity contribution in [2.75, 3.05) is 11.4 Å². The topological polar surface area (TPSA) is 75.7 Å². The molecule has 1 aliphatic heterocycles. The number of ketones is 1. The zero-order valence-corrected chi connectivity index (χ0v) is 14.7. The fourth-order valence-electron chi connectivity index (χ4n) is 2.79. The van der Waals surface area contributed by atoms with Crippen molar-refractivity contribution in [2.45, 2.75) is 26.5 Å². The first-order valence-electron chi connectivity index (χ1n) is 8.39. The van der Waals surface area contributed by atoms with Crippen LogP contribution in [0.15, 0.2) is 48.5 Å². The molecular weight excluding hydrogens is 332 g/mol. The van der Waals surface area contributed by atoms with Crippen molar-refractivity contribution >= 4 is 23.3 Å². The van der Waals surface area contributed by atoms with E-state index in [2.05, 4.69) is 5.32 Å². The summed E-state index contributed by atoms with van der Waals surface area (Å²) in [6.07, 6.45) is -0.687. The molecule has 0 fully saturated rings. The second-order valence-corrected chi connectivity index (χ2v) is 6.19. The van der Waals surface area contributed by atoms with Crippen LogP contribution in [0.3, 0.4) is 0 Å². The summed E-state index contributed by atoms with van der Waals surface area (Å²) >= 11 is 0. The highest BCUT2D eigenvalue weighted by Crippen LogP contribution is 2.34. The number of rotatable bonds is 5. The molecule has 0 aliphatic carbocycles. The largest absolute Gasteiger partial charge is 0.479 e. The van der Waals surface area contributed by atoms with Crippen LogP contribution in [0.1, 0.15) is 29.8 Å². The number of nitrogens with zero attached hydrogens (tertiary/aromatic N) is 1. The van der Waals surface area contributed by atoms with Crippen LogP contribution in [0, 0.1) is 0 Å². The van der Waals surface area contributed by atoms with Gasteiger partial charge in [0, 0.05) is 12.1 Å². The van der Waals surface area contributed by atoms with Gasteiger partial charge in [-0.3, -0.25) is 19.3 Å². The van der Waals surface area contributed by atoms with Gasteiger partial charge in [-0.25, -0.2) is 0 Å². The van der Waals surface area contributed by atoms with Gasteiger partial charge in [-0.15, -0.1) is 0 Å². The Morgan fingerprint density at radius 2 is 1.88 bits per heavy atom. The minimum Gasteiger partial charge on any atom is -0.479 e. The van der Waals surface area contributed by atoms with Gasteiger partial charge in [-0.2, -0.15) is 0 Å². The predicted octanol–water partition coefficient (Wildman–Crippen LogP) is 2.32. The second-order valence-electron chi connectivity index (χ2n) is 6.19. The van der Waals surface area contributed by atoms with Crippen molar-refractivity contribution in [2.24, 2.45) is 0 Å². The zero-order valence-electron chi connectivity index (χ0n) is 14.7. The molecule has 1 atom stereocenters. The Balaban J connectivity index is 1.77. The molecule has 6 heteroatoms. The lowest BCUT2D eigenvalue weighted by atomic mass is 10.1. The summed E-state index contributed by atoms with van der Waals surface area (Å²) < 4.78 is 5.59. The minimum atomic E-state index is -0.687. The van der Waals surface area contributed by atoms with E-state index in [1.165, 1.54) is 11.8 Å². The molecule has 0 bridgehead atoms. The van der Waals surface area contributed by atoms with Gasteiger partial charge in [0.2, 0.25) is 5.91 Å². The number of ether oxygens (including phenoxy) is 1. The number of Topliss-reactive ketones (excluding diaryl/α,β-unsaturated/α-hetero) is 1. The molecule has 0 radical (unpaired) electrons. The molecule has 0 saturated carbocycles. The van der Waals surface area contributed by atoms with Crippen molar-refractivity contribution in [1.82, 2.24) is 5.32 Å². The lowest BCUT2D eigenvalue weighted by Crippen LogP contribution is -2.48. The van der Waals surface area contributed by atoms with Crippen LogP contribution in [0.4, 0.5) is 5.69 Å². The molecule has 134 valence electrons. The molecule has 3 rings (SSSR count). The zero-order chi connectivity index (χ0) is 18.7. The quantitative estimate of drug-likeness (QED) is 0.838. The average Bonchev–Trinajstić information content (AvgIpc) is 2.64. The fourth-order valence-corrected chi connectivity index (χ4v) is 2.79. The maximum Gasteiger partial charge on any atom is 0.268 e. The minimum absolute atomic E-state index is 0.118. The molecule has 6 nitrogen and oxygen atoms in total. The summed E-state index contributed by atoms with van der Waals surface area (Å²) in [6, 6.07) is 14.4. The number of carbonyl (C=O) groups is 3. The van der Waals surface area contributed by atoms with Crippen molar-refractivity contribution in [3.05, 3.63) is 59.7 Å². The number of carbonyl (C=O) groups excluding carboxylic acids is 3. The van der Waals surface area contributed by atoms with Crippen molar-refractivity contribution in [3.8, 4) is 5.75 Å². The number of anilines is 1. The molecule has 0 spiro atoms. The normalized spacial score (nSPS) is 15.8. The van der Waals surface area contributed by atoms with Gasteiger partial charge in [-0.05, 0) is 37.6 Å². The molecule has 1 N–H and O–H groups in total. The number of hydrogen-bond acceptors (Lipinski definition) is 4. The molecule has 0 saturated heterocycles. The van der Waals surface area contributed by atoms with Gasteiger partial charge < -0.3 is 10.1 Å². The highest BCUT2D eigenvalue weighted by atomic mass is 16.5. The van der Waals surface area contributed by atoms with Crippen molar-refractivity contribution in [1.29, 1.82) is 0 Å². The van der Waals surface area contributed by atoms with E-state index in [0.717, 1.165) is 5.56 Å². The number of hydrogen-bond donors (Lipinski definition) is 1. The van der Waals surface area contributed by atoms with E-state index in [1.807, 2.05) is 30.3 Å². The molecule has 1 unspecified atom stereocenters.